The van der Waals surface area contributed by atoms with Crippen LogP contribution in [0, 0.1) is 0 Å². The Morgan fingerprint density at radius 1 is 0.905 bits per heavy atom. The fourth-order valence-corrected chi connectivity index (χ4v) is 2.11. The van der Waals surface area contributed by atoms with Gasteiger partial charge in [0.25, 0.3) is 0 Å². The van der Waals surface area contributed by atoms with Gasteiger partial charge in [0.15, 0.2) is 0 Å². The monoisotopic (exact) mass is 284 g/mol. The van der Waals surface area contributed by atoms with Crippen LogP contribution in [-0.2, 0) is 6.42 Å². The summed E-state index contributed by atoms with van der Waals surface area (Å²) in [4.78, 5) is 0. The summed E-state index contributed by atoms with van der Waals surface area (Å²) in [5.74, 6) is 0.924. The summed E-state index contributed by atoms with van der Waals surface area (Å²) in [6.07, 6.45) is 3.07. The van der Waals surface area contributed by atoms with Gasteiger partial charge in [0, 0.05) is 12.2 Å². The van der Waals surface area contributed by atoms with Gasteiger partial charge in [-0.25, -0.2) is 0 Å². The Labute approximate surface area is 127 Å². The average molecular weight is 284 g/mol. The van der Waals surface area contributed by atoms with Gasteiger partial charge in [-0.05, 0) is 55.6 Å². The number of nitrogens with one attached hydrogen (secondary N) is 1. The van der Waals surface area contributed by atoms with Crippen LogP contribution in [-0.4, -0.2) is 19.7 Å². The molecule has 0 aliphatic rings. The summed E-state index contributed by atoms with van der Waals surface area (Å²) in [5, 5.41) is 3.33. The van der Waals surface area contributed by atoms with Crippen LogP contribution < -0.4 is 15.8 Å². The van der Waals surface area contributed by atoms with E-state index in [1.54, 1.807) is 0 Å². The summed E-state index contributed by atoms with van der Waals surface area (Å²) in [7, 11) is 0. The minimum atomic E-state index is 0.718. The molecule has 3 nitrogen and oxygen atoms in total. The van der Waals surface area contributed by atoms with Crippen molar-refractivity contribution in [3.05, 3.63) is 60.2 Å². The molecule has 0 unspecified atom stereocenters. The SMILES string of the molecule is NCCCNc1ccc(OCCCc2ccccc2)cc1. The maximum absolute atomic E-state index is 5.76. The topological polar surface area (TPSA) is 47.3 Å². The van der Waals surface area contributed by atoms with E-state index in [0.717, 1.165) is 50.4 Å². The molecule has 0 heterocycles. The van der Waals surface area contributed by atoms with E-state index in [2.05, 4.69) is 29.6 Å². The summed E-state index contributed by atoms with van der Waals surface area (Å²) in [6, 6.07) is 18.6. The number of anilines is 1. The lowest BCUT2D eigenvalue weighted by Gasteiger charge is -2.09. The molecule has 112 valence electrons. The quantitative estimate of drug-likeness (QED) is 0.693. The fourth-order valence-electron chi connectivity index (χ4n) is 2.11. The maximum atomic E-state index is 5.76. The van der Waals surface area contributed by atoms with Gasteiger partial charge in [0.2, 0.25) is 0 Å². The number of nitrogens with two attached hydrogens (primary N) is 1. The lowest BCUT2D eigenvalue weighted by molar-refractivity contribution is 0.311. The zero-order chi connectivity index (χ0) is 14.8. The van der Waals surface area contributed by atoms with Gasteiger partial charge in [-0.2, -0.15) is 0 Å². The van der Waals surface area contributed by atoms with Crippen LogP contribution in [0.4, 0.5) is 5.69 Å². The van der Waals surface area contributed by atoms with Gasteiger partial charge in [-0.3, -0.25) is 0 Å². The molecule has 0 saturated heterocycles. The van der Waals surface area contributed by atoms with Crippen molar-refractivity contribution in [2.45, 2.75) is 19.3 Å². The summed E-state index contributed by atoms with van der Waals surface area (Å²) >= 11 is 0. The zero-order valence-corrected chi connectivity index (χ0v) is 12.4. The minimum Gasteiger partial charge on any atom is -0.494 e. The second kappa shape index (κ2) is 9.03. The largest absolute Gasteiger partial charge is 0.494 e. The number of benzene rings is 2. The van der Waals surface area contributed by atoms with E-state index in [4.69, 9.17) is 10.5 Å². The third-order valence-corrected chi connectivity index (χ3v) is 3.29. The average Bonchev–Trinajstić information content (AvgIpc) is 2.54. The molecule has 0 spiro atoms. The predicted octanol–water partition coefficient (Wildman–Crippen LogP) is 3.46. The third-order valence-electron chi connectivity index (χ3n) is 3.29. The lowest BCUT2D eigenvalue weighted by Crippen LogP contribution is -2.08. The van der Waals surface area contributed by atoms with Crippen LogP contribution in [0.5, 0.6) is 5.75 Å². The first-order valence-electron chi connectivity index (χ1n) is 7.59. The van der Waals surface area contributed by atoms with E-state index in [1.165, 1.54) is 5.56 Å². The van der Waals surface area contributed by atoms with E-state index >= 15 is 0 Å². The van der Waals surface area contributed by atoms with Crippen LogP contribution in [0.25, 0.3) is 0 Å². The van der Waals surface area contributed by atoms with Crippen molar-refractivity contribution in [2.75, 3.05) is 25.0 Å². The van der Waals surface area contributed by atoms with Gasteiger partial charge in [0.05, 0.1) is 6.61 Å². The Bertz CT molecular complexity index is 496. The Kier molecular flexibility index (Phi) is 6.62. The number of rotatable bonds is 9. The Hall–Kier alpha value is -2.00. The molecule has 2 rings (SSSR count). The molecule has 0 fully saturated rings. The molecule has 0 bridgehead atoms. The lowest BCUT2D eigenvalue weighted by atomic mass is 10.1. The van der Waals surface area contributed by atoms with Gasteiger partial charge >= 0.3 is 0 Å². The highest BCUT2D eigenvalue weighted by molar-refractivity contribution is 5.46. The minimum absolute atomic E-state index is 0.718. The van der Waals surface area contributed by atoms with Crippen molar-refractivity contribution < 1.29 is 4.74 Å². The highest BCUT2D eigenvalue weighted by Gasteiger charge is 1.96. The zero-order valence-electron chi connectivity index (χ0n) is 12.4. The third kappa shape index (κ3) is 5.88. The van der Waals surface area contributed by atoms with E-state index < -0.39 is 0 Å². The van der Waals surface area contributed by atoms with Crippen LogP contribution >= 0.6 is 0 Å². The smallest absolute Gasteiger partial charge is 0.119 e. The van der Waals surface area contributed by atoms with Crippen LogP contribution in [0.3, 0.4) is 0 Å². The number of aryl methyl sites for hydroxylation is 1. The van der Waals surface area contributed by atoms with Crippen molar-refractivity contribution in [2.24, 2.45) is 5.73 Å². The molecular weight excluding hydrogens is 260 g/mol. The van der Waals surface area contributed by atoms with Gasteiger partial charge in [-0.15, -0.1) is 0 Å². The molecule has 0 amide bonds. The fraction of sp³-hybridized carbons (Fsp3) is 0.333. The Morgan fingerprint density at radius 2 is 1.67 bits per heavy atom. The predicted molar refractivity (Wildman–Crippen MR) is 88.9 cm³/mol. The van der Waals surface area contributed by atoms with Gasteiger partial charge in [0.1, 0.15) is 5.75 Å². The number of hydrogen-bond acceptors (Lipinski definition) is 3. The molecule has 0 aliphatic heterocycles. The van der Waals surface area contributed by atoms with Gasteiger partial charge < -0.3 is 15.8 Å². The highest BCUT2D eigenvalue weighted by atomic mass is 16.5. The second-order valence-electron chi connectivity index (χ2n) is 5.03. The van der Waals surface area contributed by atoms with Crippen LogP contribution in [0.2, 0.25) is 0 Å². The standard InChI is InChI=1S/C18H24N2O/c19-13-5-14-20-17-9-11-18(12-10-17)21-15-4-8-16-6-2-1-3-7-16/h1-3,6-7,9-12,20H,4-5,8,13-15,19H2. The number of ether oxygens (including phenoxy) is 1. The Morgan fingerprint density at radius 3 is 2.38 bits per heavy atom. The second-order valence-corrected chi connectivity index (χ2v) is 5.03. The first-order valence-corrected chi connectivity index (χ1v) is 7.59. The normalized spacial score (nSPS) is 10.3. The summed E-state index contributed by atoms with van der Waals surface area (Å²) < 4.78 is 5.76. The molecule has 0 atom stereocenters. The molecule has 0 aliphatic carbocycles. The van der Waals surface area contributed by atoms with Gasteiger partial charge in [-0.1, -0.05) is 30.3 Å². The molecule has 0 radical (unpaired) electrons. The van der Waals surface area contributed by atoms with Crippen LogP contribution in [0.1, 0.15) is 18.4 Å². The highest BCUT2D eigenvalue weighted by Crippen LogP contribution is 2.16. The molecule has 2 aromatic carbocycles. The molecule has 0 saturated carbocycles. The summed E-state index contributed by atoms with van der Waals surface area (Å²) in [6.45, 7) is 2.37. The molecule has 21 heavy (non-hydrogen) atoms. The first kappa shape index (κ1) is 15.4. The van der Waals surface area contributed by atoms with Crippen LogP contribution in [0.15, 0.2) is 54.6 Å². The van der Waals surface area contributed by atoms with E-state index in [-0.39, 0.29) is 0 Å². The van der Waals surface area contributed by atoms with E-state index in [9.17, 15) is 0 Å². The first-order chi connectivity index (χ1) is 10.4. The molecule has 0 aromatic heterocycles. The van der Waals surface area contributed by atoms with Crippen molar-refractivity contribution in [1.82, 2.24) is 0 Å². The summed E-state index contributed by atoms with van der Waals surface area (Å²) in [5.41, 5.74) is 7.94. The Balaban J connectivity index is 1.66. The molecule has 3 heteroatoms. The van der Waals surface area contributed by atoms with Crippen molar-refractivity contribution in [3.63, 3.8) is 0 Å². The van der Waals surface area contributed by atoms with Crippen molar-refractivity contribution >= 4 is 5.69 Å². The van der Waals surface area contributed by atoms with Crippen molar-refractivity contribution in [3.8, 4) is 5.75 Å². The molecular formula is C18H24N2O. The van der Waals surface area contributed by atoms with E-state index in [0.29, 0.717) is 0 Å². The maximum Gasteiger partial charge on any atom is 0.119 e. The molecule has 3 N–H and O–H groups in total. The number of hydrogen-bond donors (Lipinski definition) is 2. The molecule has 2 aromatic rings. The van der Waals surface area contributed by atoms with Crippen molar-refractivity contribution in [1.29, 1.82) is 0 Å². The van der Waals surface area contributed by atoms with E-state index in [1.807, 2.05) is 30.3 Å².